The average Bonchev–Trinajstić information content (AvgIpc) is 3.05. The lowest BCUT2D eigenvalue weighted by Crippen LogP contribution is -2.37. The number of hydrogen-bond acceptors (Lipinski definition) is 5. The van der Waals surface area contributed by atoms with Gasteiger partial charge in [-0.3, -0.25) is 4.79 Å². The van der Waals surface area contributed by atoms with Gasteiger partial charge in [0, 0.05) is 5.92 Å². The second-order valence-corrected chi connectivity index (χ2v) is 6.89. The quantitative estimate of drug-likeness (QED) is 0.685. The van der Waals surface area contributed by atoms with Gasteiger partial charge in [0.15, 0.2) is 11.0 Å². The first-order valence-electron chi connectivity index (χ1n) is 8.88. The molecular formula is C21H16ClN3O4. The van der Waals surface area contributed by atoms with E-state index >= 15 is 0 Å². The van der Waals surface area contributed by atoms with Crippen LogP contribution < -0.4 is 4.90 Å². The van der Waals surface area contributed by atoms with Crippen molar-refractivity contribution in [3.63, 3.8) is 0 Å². The number of hydrogen-bond donors (Lipinski definition) is 1. The monoisotopic (exact) mass is 409 g/mol. The van der Waals surface area contributed by atoms with Crippen LogP contribution in [0.2, 0.25) is 5.15 Å². The Hall–Kier alpha value is -3.45. The van der Waals surface area contributed by atoms with Crippen LogP contribution in [0.1, 0.15) is 17.0 Å². The minimum absolute atomic E-state index is 0.0500. The van der Waals surface area contributed by atoms with Gasteiger partial charge in [0.1, 0.15) is 13.2 Å². The lowest BCUT2D eigenvalue weighted by Gasteiger charge is -2.21. The van der Waals surface area contributed by atoms with Crippen molar-refractivity contribution >= 4 is 29.5 Å². The number of carboxylic acid groups (broad SMARTS) is 1. The van der Waals surface area contributed by atoms with Crippen LogP contribution in [0.5, 0.6) is 0 Å². The summed E-state index contributed by atoms with van der Waals surface area (Å²) in [4.78, 5) is 24.8. The normalized spacial score (nSPS) is 12.2. The maximum atomic E-state index is 12.7. The van der Waals surface area contributed by atoms with E-state index in [1.165, 1.54) is 12.1 Å². The van der Waals surface area contributed by atoms with E-state index < -0.39 is 18.6 Å². The SMILES string of the molecule is O=C(O)CN(C(=O)OCC1c2ccccc2-c2ccccc21)c1ccc(Cl)nn1. The molecule has 146 valence electrons. The smallest absolute Gasteiger partial charge is 0.416 e. The highest BCUT2D eigenvalue weighted by Crippen LogP contribution is 2.44. The minimum atomic E-state index is -1.20. The molecule has 2 aromatic carbocycles. The lowest BCUT2D eigenvalue weighted by atomic mass is 9.98. The summed E-state index contributed by atoms with van der Waals surface area (Å²) in [6.45, 7) is -0.531. The maximum Gasteiger partial charge on any atom is 0.416 e. The number of carbonyl (C=O) groups is 2. The second kappa shape index (κ2) is 7.89. The van der Waals surface area contributed by atoms with Crippen LogP contribution in [0.15, 0.2) is 60.7 Å². The molecule has 1 N–H and O–H groups in total. The van der Waals surface area contributed by atoms with Crippen molar-refractivity contribution in [1.82, 2.24) is 10.2 Å². The molecular weight excluding hydrogens is 394 g/mol. The number of nitrogens with zero attached hydrogens (tertiary/aromatic N) is 3. The third-order valence-electron chi connectivity index (χ3n) is 4.74. The number of halogens is 1. The van der Waals surface area contributed by atoms with Gasteiger partial charge in [0.05, 0.1) is 0 Å². The van der Waals surface area contributed by atoms with Crippen molar-refractivity contribution in [2.24, 2.45) is 0 Å². The highest BCUT2D eigenvalue weighted by molar-refractivity contribution is 6.29. The summed E-state index contributed by atoms with van der Waals surface area (Å²) in [7, 11) is 0. The molecule has 1 aliphatic rings. The van der Waals surface area contributed by atoms with Crippen molar-refractivity contribution in [2.45, 2.75) is 5.92 Å². The molecule has 1 aliphatic carbocycles. The third-order valence-corrected chi connectivity index (χ3v) is 4.95. The van der Waals surface area contributed by atoms with Gasteiger partial charge in [-0.1, -0.05) is 60.1 Å². The number of ether oxygens (including phenoxy) is 1. The molecule has 0 fully saturated rings. The van der Waals surface area contributed by atoms with Crippen molar-refractivity contribution in [2.75, 3.05) is 18.1 Å². The summed E-state index contributed by atoms with van der Waals surface area (Å²) < 4.78 is 5.51. The van der Waals surface area contributed by atoms with Crippen molar-refractivity contribution in [1.29, 1.82) is 0 Å². The van der Waals surface area contributed by atoms with Crippen LogP contribution in [0.4, 0.5) is 10.6 Å². The Morgan fingerprint density at radius 3 is 2.14 bits per heavy atom. The van der Waals surface area contributed by atoms with Crippen LogP contribution in [0, 0.1) is 0 Å². The van der Waals surface area contributed by atoms with Crippen LogP contribution >= 0.6 is 11.6 Å². The zero-order valence-corrected chi connectivity index (χ0v) is 15.9. The largest absolute Gasteiger partial charge is 0.480 e. The fourth-order valence-corrected chi connectivity index (χ4v) is 3.60. The Kier molecular flexibility index (Phi) is 5.14. The van der Waals surface area contributed by atoms with Crippen LogP contribution in [-0.4, -0.2) is 40.5 Å². The van der Waals surface area contributed by atoms with E-state index in [0.717, 1.165) is 27.2 Å². The minimum Gasteiger partial charge on any atom is -0.480 e. The van der Waals surface area contributed by atoms with Gasteiger partial charge in [-0.15, -0.1) is 10.2 Å². The molecule has 3 aromatic rings. The van der Waals surface area contributed by atoms with E-state index in [1.807, 2.05) is 48.5 Å². The highest BCUT2D eigenvalue weighted by atomic mass is 35.5. The predicted molar refractivity (Wildman–Crippen MR) is 107 cm³/mol. The number of amides is 1. The van der Waals surface area contributed by atoms with Crippen LogP contribution in [0.25, 0.3) is 11.1 Å². The van der Waals surface area contributed by atoms with Gasteiger partial charge in [0.25, 0.3) is 0 Å². The number of carbonyl (C=O) groups excluding carboxylic acids is 1. The number of anilines is 1. The van der Waals surface area contributed by atoms with E-state index in [0.29, 0.717) is 0 Å². The number of fused-ring (bicyclic) bond motifs is 3. The van der Waals surface area contributed by atoms with Crippen LogP contribution in [0.3, 0.4) is 0 Å². The van der Waals surface area contributed by atoms with Gasteiger partial charge in [-0.25, -0.2) is 9.69 Å². The van der Waals surface area contributed by atoms with Crippen molar-refractivity contribution < 1.29 is 19.4 Å². The molecule has 0 aliphatic heterocycles. The summed E-state index contributed by atoms with van der Waals surface area (Å²) in [5, 5.41) is 16.7. The third kappa shape index (κ3) is 3.77. The van der Waals surface area contributed by atoms with Gasteiger partial charge < -0.3 is 9.84 Å². The molecule has 0 unspecified atom stereocenters. The molecule has 0 atom stereocenters. The highest BCUT2D eigenvalue weighted by Gasteiger charge is 2.30. The lowest BCUT2D eigenvalue weighted by molar-refractivity contribution is -0.135. The summed E-state index contributed by atoms with van der Waals surface area (Å²) in [6, 6.07) is 18.8. The van der Waals surface area contributed by atoms with E-state index in [2.05, 4.69) is 10.2 Å². The molecule has 0 saturated carbocycles. The fourth-order valence-electron chi connectivity index (χ4n) is 3.50. The van der Waals surface area contributed by atoms with Crippen LogP contribution in [-0.2, 0) is 9.53 Å². The molecule has 4 rings (SSSR count). The zero-order valence-electron chi connectivity index (χ0n) is 15.2. The van der Waals surface area contributed by atoms with Crippen molar-refractivity contribution in [3.8, 4) is 11.1 Å². The molecule has 7 nitrogen and oxygen atoms in total. The Bertz CT molecular complexity index is 1030. The number of rotatable bonds is 5. The second-order valence-electron chi connectivity index (χ2n) is 6.50. The topological polar surface area (TPSA) is 92.6 Å². The van der Waals surface area contributed by atoms with E-state index in [4.69, 9.17) is 21.4 Å². The average molecular weight is 410 g/mol. The molecule has 0 saturated heterocycles. The molecule has 1 amide bonds. The molecule has 0 radical (unpaired) electrons. The van der Waals surface area contributed by atoms with Gasteiger partial charge in [-0.05, 0) is 34.4 Å². The van der Waals surface area contributed by atoms with Gasteiger partial charge >= 0.3 is 12.1 Å². The molecule has 1 aromatic heterocycles. The molecule has 0 bridgehead atoms. The standard InChI is InChI=1S/C21H16ClN3O4/c22-18-9-10-19(24-23-18)25(11-20(26)27)21(28)29-12-17-15-7-3-1-5-13(15)14-6-2-4-8-16(14)17/h1-10,17H,11-12H2,(H,26,27). The zero-order chi connectivity index (χ0) is 20.4. The molecule has 1 heterocycles. The first-order valence-corrected chi connectivity index (χ1v) is 9.26. The molecule has 29 heavy (non-hydrogen) atoms. The summed E-state index contributed by atoms with van der Waals surface area (Å²) >= 11 is 5.72. The first kappa shape index (κ1) is 18.9. The number of benzene rings is 2. The number of carboxylic acids is 1. The number of aliphatic carboxylic acids is 1. The van der Waals surface area contributed by atoms with E-state index in [1.54, 1.807) is 0 Å². The molecule has 8 heteroatoms. The predicted octanol–water partition coefficient (Wildman–Crippen LogP) is 3.97. The van der Waals surface area contributed by atoms with E-state index in [9.17, 15) is 9.59 Å². The Morgan fingerprint density at radius 2 is 1.59 bits per heavy atom. The summed E-state index contributed by atoms with van der Waals surface area (Å²) in [6.07, 6.45) is -0.814. The summed E-state index contributed by atoms with van der Waals surface area (Å²) in [5.74, 6) is -1.28. The Balaban J connectivity index is 1.56. The van der Waals surface area contributed by atoms with Gasteiger partial charge in [-0.2, -0.15) is 0 Å². The number of aromatic nitrogens is 2. The summed E-state index contributed by atoms with van der Waals surface area (Å²) in [5.41, 5.74) is 4.35. The van der Waals surface area contributed by atoms with E-state index in [-0.39, 0.29) is 23.5 Å². The first-order chi connectivity index (χ1) is 14.0. The van der Waals surface area contributed by atoms with Gasteiger partial charge in [0.2, 0.25) is 0 Å². The molecule has 0 spiro atoms. The Morgan fingerprint density at radius 1 is 0.966 bits per heavy atom. The maximum absolute atomic E-state index is 12.7. The fraction of sp³-hybridized carbons (Fsp3) is 0.143. The Labute approximate surface area is 171 Å². The van der Waals surface area contributed by atoms with Crippen molar-refractivity contribution in [3.05, 3.63) is 76.9 Å².